The molecule has 1 aliphatic rings. The summed E-state index contributed by atoms with van der Waals surface area (Å²) in [5.41, 5.74) is 0.467. The molecule has 0 saturated carbocycles. The quantitative estimate of drug-likeness (QED) is 0.688. The van der Waals surface area contributed by atoms with Crippen molar-refractivity contribution in [2.45, 2.75) is 25.7 Å². The standard InChI is InChI=1S/C12H12F2O2/c1-16-12-8(13)6-7-4-2-3-5-9(15)10(7)11(12)14/h6H,2-5H2,1H3. The lowest BCUT2D eigenvalue weighted by Crippen LogP contribution is -2.07. The van der Waals surface area contributed by atoms with Crippen LogP contribution in [0.15, 0.2) is 6.07 Å². The zero-order chi connectivity index (χ0) is 11.7. The molecule has 1 aromatic rings. The fraction of sp³-hybridized carbons (Fsp3) is 0.417. The number of hydrogen-bond acceptors (Lipinski definition) is 2. The van der Waals surface area contributed by atoms with Gasteiger partial charge in [-0.1, -0.05) is 0 Å². The molecule has 16 heavy (non-hydrogen) atoms. The zero-order valence-electron chi connectivity index (χ0n) is 8.98. The second kappa shape index (κ2) is 4.20. The Morgan fingerprint density at radius 2 is 1.94 bits per heavy atom. The first kappa shape index (κ1) is 11.0. The van der Waals surface area contributed by atoms with E-state index in [0.29, 0.717) is 18.4 Å². The van der Waals surface area contributed by atoms with Crippen molar-refractivity contribution in [2.24, 2.45) is 0 Å². The highest BCUT2D eigenvalue weighted by molar-refractivity contribution is 5.98. The Bertz CT molecular complexity index is 441. The van der Waals surface area contributed by atoms with Gasteiger partial charge in [0.2, 0.25) is 0 Å². The summed E-state index contributed by atoms with van der Waals surface area (Å²) in [5.74, 6) is -2.32. The van der Waals surface area contributed by atoms with Gasteiger partial charge in [-0.15, -0.1) is 0 Å². The van der Waals surface area contributed by atoms with E-state index in [1.54, 1.807) is 0 Å². The van der Waals surface area contributed by atoms with Crippen LogP contribution in [-0.2, 0) is 6.42 Å². The van der Waals surface area contributed by atoms with E-state index in [0.717, 1.165) is 12.8 Å². The summed E-state index contributed by atoms with van der Waals surface area (Å²) in [6, 6.07) is 1.21. The molecule has 0 bridgehead atoms. The van der Waals surface area contributed by atoms with Gasteiger partial charge in [0.05, 0.1) is 12.7 Å². The van der Waals surface area contributed by atoms with Crippen molar-refractivity contribution in [2.75, 3.05) is 7.11 Å². The number of Topliss-reactive ketones (excluding diaryl/α,β-unsaturated/α-hetero) is 1. The van der Waals surface area contributed by atoms with Crippen LogP contribution in [0.2, 0.25) is 0 Å². The summed E-state index contributed by atoms with van der Waals surface area (Å²) in [7, 11) is 1.19. The molecule has 1 aromatic carbocycles. The number of carbonyl (C=O) groups is 1. The van der Waals surface area contributed by atoms with Gasteiger partial charge in [-0.3, -0.25) is 4.79 Å². The largest absolute Gasteiger partial charge is 0.491 e. The Morgan fingerprint density at radius 3 is 2.62 bits per heavy atom. The van der Waals surface area contributed by atoms with Gasteiger partial charge in [0.25, 0.3) is 0 Å². The molecule has 2 rings (SSSR count). The number of ether oxygens (including phenoxy) is 1. The van der Waals surface area contributed by atoms with Crippen LogP contribution in [-0.4, -0.2) is 12.9 Å². The van der Waals surface area contributed by atoms with Crippen molar-refractivity contribution in [1.82, 2.24) is 0 Å². The van der Waals surface area contributed by atoms with Crippen molar-refractivity contribution in [1.29, 1.82) is 0 Å². The number of halogens is 2. The Kier molecular flexibility index (Phi) is 2.90. The number of benzene rings is 1. The van der Waals surface area contributed by atoms with Crippen LogP contribution in [0, 0.1) is 11.6 Å². The highest BCUT2D eigenvalue weighted by Gasteiger charge is 2.25. The minimum Gasteiger partial charge on any atom is -0.491 e. The molecule has 0 saturated heterocycles. The Balaban J connectivity index is 2.65. The number of hydrogen-bond donors (Lipinski definition) is 0. The second-order valence-electron chi connectivity index (χ2n) is 3.87. The maximum atomic E-state index is 13.9. The smallest absolute Gasteiger partial charge is 0.191 e. The SMILES string of the molecule is COc1c(F)cc2c(c1F)C(=O)CCCC2. The molecule has 0 aliphatic heterocycles. The van der Waals surface area contributed by atoms with E-state index >= 15 is 0 Å². The van der Waals surface area contributed by atoms with Crippen LogP contribution in [0.25, 0.3) is 0 Å². The first-order chi connectivity index (χ1) is 7.65. The third-order valence-corrected chi connectivity index (χ3v) is 2.84. The summed E-state index contributed by atoms with van der Waals surface area (Å²) < 4.78 is 31.9. The van der Waals surface area contributed by atoms with E-state index in [1.807, 2.05) is 0 Å². The monoisotopic (exact) mass is 226 g/mol. The fourth-order valence-corrected chi connectivity index (χ4v) is 2.06. The molecule has 0 atom stereocenters. The highest BCUT2D eigenvalue weighted by Crippen LogP contribution is 2.31. The van der Waals surface area contributed by atoms with E-state index in [1.165, 1.54) is 13.2 Å². The van der Waals surface area contributed by atoms with Crippen LogP contribution < -0.4 is 4.74 Å². The molecular formula is C12H12F2O2. The third-order valence-electron chi connectivity index (χ3n) is 2.84. The number of rotatable bonds is 1. The minimum absolute atomic E-state index is 0.00995. The number of fused-ring (bicyclic) bond motifs is 1. The number of methoxy groups -OCH3 is 1. The molecule has 0 radical (unpaired) electrons. The first-order valence-electron chi connectivity index (χ1n) is 5.23. The molecule has 0 N–H and O–H groups in total. The van der Waals surface area contributed by atoms with E-state index in [2.05, 4.69) is 4.74 Å². The summed E-state index contributed by atoms with van der Waals surface area (Å²) in [6.07, 6.45) is 2.36. The van der Waals surface area contributed by atoms with Gasteiger partial charge in [0.1, 0.15) is 0 Å². The van der Waals surface area contributed by atoms with Gasteiger partial charge in [0.15, 0.2) is 23.2 Å². The zero-order valence-corrected chi connectivity index (χ0v) is 8.98. The Labute approximate surface area is 92.2 Å². The third kappa shape index (κ3) is 1.68. The molecule has 0 amide bonds. The van der Waals surface area contributed by atoms with Crippen LogP contribution in [0.5, 0.6) is 5.75 Å². The van der Waals surface area contributed by atoms with Crippen molar-refractivity contribution < 1.29 is 18.3 Å². The van der Waals surface area contributed by atoms with Gasteiger partial charge in [-0.05, 0) is 30.9 Å². The van der Waals surface area contributed by atoms with Gasteiger partial charge in [-0.2, -0.15) is 0 Å². The van der Waals surface area contributed by atoms with Crippen molar-refractivity contribution in [3.05, 3.63) is 28.8 Å². The number of carbonyl (C=O) groups excluding carboxylic acids is 1. The molecule has 1 aliphatic carbocycles. The Hall–Kier alpha value is -1.45. The summed E-state index contributed by atoms with van der Waals surface area (Å²) in [6.45, 7) is 0. The maximum absolute atomic E-state index is 13.9. The highest BCUT2D eigenvalue weighted by atomic mass is 19.1. The normalized spacial score (nSPS) is 15.6. The molecule has 0 unspecified atom stereocenters. The molecule has 0 heterocycles. The average Bonchev–Trinajstić information content (AvgIpc) is 2.41. The predicted molar refractivity (Wildman–Crippen MR) is 54.8 cm³/mol. The van der Waals surface area contributed by atoms with Gasteiger partial charge >= 0.3 is 0 Å². The molecule has 4 heteroatoms. The van der Waals surface area contributed by atoms with Crippen molar-refractivity contribution >= 4 is 5.78 Å². The minimum atomic E-state index is -0.857. The van der Waals surface area contributed by atoms with Crippen LogP contribution in [0.1, 0.15) is 35.2 Å². The number of ketones is 1. The maximum Gasteiger partial charge on any atom is 0.191 e. The number of aryl methyl sites for hydroxylation is 1. The van der Waals surface area contributed by atoms with Gasteiger partial charge in [0, 0.05) is 6.42 Å². The van der Waals surface area contributed by atoms with Crippen molar-refractivity contribution in [3.8, 4) is 5.75 Å². The predicted octanol–water partition coefficient (Wildman–Crippen LogP) is 2.88. The first-order valence-corrected chi connectivity index (χ1v) is 5.23. The van der Waals surface area contributed by atoms with Gasteiger partial charge < -0.3 is 4.74 Å². The topological polar surface area (TPSA) is 26.3 Å². The van der Waals surface area contributed by atoms with Crippen LogP contribution in [0.3, 0.4) is 0 Å². The van der Waals surface area contributed by atoms with Crippen LogP contribution >= 0.6 is 0 Å². The summed E-state index contributed by atoms with van der Waals surface area (Å²) in [4.78, 5) is 11.7. The van der Waals surface area contributed by atoms with Crippen LogP contribution in [0.4, 0.5) is 8.78 Å². The molecule has 0 spiro atoms. The Morgan fingerprint density at radius 1 is 1.25 bits per heavy atom. The molecular weight excluding hydrogens is 214 g/mol. The molecule has 2 nitrogen and oxygen atoms in total. The van der Waals surface area contributed by atoms with E-state index in [4.69, 9.17) is 0 Å². The lowest BCUT2D eigenvalue weighted by molar-refractivity contribution is 0.0977. The van der Waals surface area contributed by atoms with E-state index < -0.39 is 17.4 Å². The van der Waals surface area contributed by atoms with Crippen molar-refractivity contribution in [3.63, 3.8) is 0 Å². The average molecular weight is 226 g/mol. The van der Waals surface area contributed by atoms with Gasteiger partial charge in [-0.25, -0.2) is 8.78 Å². The summed E-state index contributed by atoms with van der Waals surface area (Å²) in [5, 5.41) is 0. The fourth-order valence-electron chi connectivity index (χ4n) is 2.06. The lowest BCUT2D eigenvalue weighted by Gasteiger charge is -2.10. The summed E-state index contributed by atoms with van der Waals surface area (Å²) >= 11 is 0. The molecule has 86 valence electrons. The lowest BCUT2D eigenvalue weighted by atomic mass is 10.0. The van der Waals surface area contributed by atoms with E-state index in [9.17, 15) is 13.6 Å². The molecule has 0 aromatic heterocycles. The van der Waals surface area contributed by atoms with E-state index in [-0.39, 0.29) is 11.3 Å². The second-order valence-corrected chi connectivity index (χ2v) is 3.87. The molecule has 0 fully saturated rings.